The zero-order valence-corrected chi connectivity index (χ0v) is 12.3. The lowest BCUT2D eigenvalue weighted by atomic mass is 10.3. The highest BCUT2D eigenvalue weighted by molar-refractivity contribution is 6.02. The lowest BCUT2D eigenvalue weighted by Gasteiger charge is -2.08. The van der Waals surface area contributed by atoms with E-state index in [0.29, 0.717) is 5.69 Å². The molecule has 2 N–H and O–H groups in total. The van der Waals surface area contributed by atoms with Crippen LogP contribution < -0.4 is 10.6 Å². The lowest BCUT2D eigenvalue weighted by molar-refractivity contribution is 0.102. The summed E-state index contributed by atoms with van der Waals surface area (Å²) in [6.07, 6.45) is 0. The number of halogens is 2. The van der Waals surface area contributed by atoms with Gasteiger partial charge in [0.1, 0.15) is 17.3 Å². The number of nitrogens with one attached hydrogen (secondary N) is 2. The molecule has 0 aliphatic heterocycles. The number of amides is 1. The second-order valence-corrected chi connectivity index (χ2v) is 4.85. The molecular formula is C17H12F2N4O. The second-order valence-electron chi connectivity index (χ2n) is 4.85. The molecule has 1 aromatic heterocycles. The monoisotopic (exact) mass is 326 g/mol. The van der Waals surface area contributed by atoms with E-state index < -0.39 is 17.5 Å². The number of hydrogen-bond acceptors (Lipinski definition) is 4. The van der Waals surface area contributed by atoms with Crippen molar-refractivity contribution in [3.8, 4) is 0 Å². The highest BCUT2D eigenvalue weighted by Crippen LogP contribution is 2.21. The number of anilines is 3. The minimum atomic E-state index is -0.748. The van der Waals surface area contributed by atoms with Gasteiger partial charge in [-0.3, -0.25) is 4.79 Å². The highest BCUT2D eigenvalue weighted by atomic mass is 19.1. The average molecular weight is 326 g/mol. The first-order valence-corrected chi connectivity index (χ1v) is 7.04. The van der Waals surface area contributed by atoms with Crippen molar-refractivity contribution in [2.45, 2.75) is 0 Å². The molecule has 0 unspecified atom stereocenters. The fourth-order valence-corrected chi connectivity index (χ4v) is 1.98. The molecule has 2 aromatic carbocycles. The molecule has 7 heteroatoms. The van der Waals surface area contributed by atoms with Crippen molar-refractivity contribution in [3.05, 3.63) is 78.0 Å². The van der Waals surface area contributed by atoms with Crippen LogP contribution in [0.2, 0.25) is 0 Å². The molecule has 1 heterocycles. The van der Waals surface area contributed by atoms with Crippen LogP contribution in [0.3, 0.4) is 0 Å². The lowest BCUT2D eigenvalue weighted by Crippen LogP contribution is -2.14. The summed E-state index contributed by atoms with van der Waals surface area (Å²) in [7, 11) is 0. The van der Waals surface area contributed by atoms with Crippen molar-refractivity contribution in [2.24, 2.45) is 0 Å². The molecule has 5 nitrogen and oxygen atoms in total. The summed E-state index contributed by atoms with van der Waals surface area (Å²) in [6.45, 7) is 0. The van der Waals surface area contributed by atoms with Crippen molar-refractivity contribution >= 4 is 23.1 Å². The molecule has 0 saturated heterocycles. The molecule has 0 spiro atoms. The number of benzene rings is 2. The Bertz CT molecular complexity index is 834. The van der Waals surface area contributed by atoms with Crippen LogP contribution in [0.15, 0.2) is 60.7 Å². The fourth-order valence-electron chi connectivity index (χ4n) is 1.98. The van der Waals surface area contributed by atoms with Crippen molar-refractivity contribution in [1.82, 2.24) is 10.2 Å². The van der Waals surface area contributed by atoms with Crippen LogP contribution in [0, 0.1) is 11.6 Å². The molecule has 0 aliphatic rings. The third-order valence-electron chi connectivity index (χ3n) is 3.14. The summed E-state index contributed by atoms with van der Waals surface area (Å²) in [4.78, 5) is 12.0. The summed E-state index contributed by atoms with van der Waals surface area (Å²) in [6, 6.07) is 15.2. The molecule has 0 atom stereocenters. The number of para-hydroxylation sites is 2. The van der Waals surface area contributed by atoms with Crippen LogP contribution in [0.4, 0.5) is 26.0 Å². The van der Waals surface area contributed by atoms with Gasteiger partial charge >= 0.3 is 0 Å². The predicted molar refractivity (Wildman–Crippen MR) is 86.1 cm³/mol. The Labute approximate surface area is 136 Å². The van der Waals surface area contributed by atoms with Crippen LogP contribution in [0.1, 0.15) is 10.5 Å². The van der Waals surface area contributed by atoms with E-state index in [1.807, 2.05) is 6.07 Å². The number of nitrogens with zero attached hydrogens (tertiary/aromatic N) is 2. The fraction of sp³-hybridized carbons (Fsp3) is 0. The number of aromatic nitrogens is 2. The van der Waals surface area contributed by atoms with Gasteiger partial charge in [0.05, 0.1) is 0 Å². The summed E-state index contributed by atoms with van der Waals surface area (Å²) in [5, 5.41) is 12.7. The first-order valence-electron chi connectivity index (χ1n) is 7.04. The van der Waals surface area contributed by atoms with Crippen LogP contribution in [0.25, 0.3) is 0 Å². The molecule has 24 heavy (non-hydrogen) atoms. The van der Waals surface area contributed by atoms with Gasteiger partial charge in [0.15, 0.2) is 11.5 Å². The molecule has 0 bridgehead atoms. The van der Waals surface area contributed by atoms with E-state index in [4.69, 9.17) is 0 Å². The van der Waals surface area contributed by atoms with Gasteiger partial charge in [-0.05, 0) is 36.4 Å². The third-order valence-corrected chi connectivity index (χ3v) is 3.14. The van der Waals surface area contributed by atoms with Gasteiger partial charge in [0.25, 0.3) is 5.91 Å². The molecule has 0 aliphatic carbocycles. The average Bonchev–Trinajstić information content (AvgIpc) is 2.60. The Balaban J connectivity index is 1.72. The summed E-state index contributed by atoms with van der Waals surface area (Å²) < 4.78 is 27.1. The maximum atomic E-state index is 13.6. The van der Waals surface area contributed by atoms with Crippen LogP contribution in [0.5, 0.6) is 0 Å². The Kier molecular flexibility index (Phi) is 4.42. The topological polar surface area (TPSA) is 66.9 Å². The van der Waals surface area contributed by atoms with E-state index in [9.17, 15) is 13.6 Å². The highest BCUT2D eigenvalue weighted by Gasteiger charge is 2.11. The van der Waals surface area contributed by atoms with Gasteiger partial charge in [-0.25, -0.2) is 8.78 Å². The van der Waals surface area contributed by atoms with Crippen LogP contribution >= 0.6 is 0 Å². The maximum absolute atomic E-state index is 13.6. The van der Waals surface area contributed by atoms with Gasteiger partial charge in [-0.15, -0.1) is 10.2 Å². The van der Waals surface area contributed by atoms with Crippen molar-refractivity contribution < 1.29 is 13.6 Å². The minimum Gasteiger partial charge on any atom is -0.334 e. The zero-order chi connectivity index (χ0) is 16.9. The predicted octanol–water partition coefficient (Wildman–Crippen LogP) is 3.75. The number of carbonyl (C=O) groups excluding carboxylic acids is 1. The molecular weight excluding hydrogens is 314 g/mol. The van der Waals surface area contributed by atoms with E-state index in [2.05, 4.69) is 20.8 Å². The Hall–Kier alpha value is -3.35. The summed E-state index contributed by atoms with van der Waals surface area (Å²) in [5.41, 5.74) is 0.381. The van der Waals surface area contributed by atoms with Crippen molar-refractivity contribution in [3.63, 3.8) is 0 Å². The first kappa shape index (κ1) is 15.5. The van der Waals surface area contributed by atoms with Crippen molar-refractivity contribution in [1.29, 1.82) is 0 Å². The number of rotatable bonds is 4. The Morgan fingerprint density at radius 3 is 2.17 bits per heavy atom. The second kappa shape index (κ2) is 6.82. The largest absolute Gasteiger partial charge is 0.334 e. The smallest absolute Gasteiger partial charge is 0.276 e. The zero-order valence-electron chi connectivity index (χ0n) is 12.3. The third kappa shape index (κ3) is 3.52. The SMILES string of the molecule is O=C(Nc1ccccc1)c1ccc(Nc2c(F)cccc2F)nn1. The van der Waals surface area contributed by atoms with Gasteiger partial charge in [0, 0.05) is 5.69 Å². The van der Waals surface area contributed by atoms with Gasteiger partial charge in [0.2, 0.25) is 0 Å². The van der Waals surface area contributed by atoms with Gasteiger partial charge in [-0.2, -0.15) is 0 Å². The minimum absolute atomic E-state index is 0.0819. The number of carbonyl (C=O) groups is 1. The van der Waals surface area contributed by atoms with E-state index in [1.165, 1.54) is 18.2 Å². The van der Waals surface area contributed by atoms with E-state index in [-0.39, 0.29) is 17.2 Å². The molecule has 3 aromatic rings. The van der Waals surface area contributed by atoms with Gasteiger partial charge < -0.3 is 10.6 Å². The van der Waals surface area contributed by atoms with Crippen molar-refractivity contribution in [2.75, 3.05) is 10.6 Å². The van der Waals surface area contributed by atoms with E-state index in [0.717, 1.165) is 12.1 Å². The molecule has 3 rings (SSSR count). The summed E-state index contributed by atoms with van der Waals surface area (Å²) in [5.74, 6) is -1.81. The normalized spacial score (nSPS) is 10.2. The molecule has 0 radical (unpaired) electrons. The number of hydrogen-bond donors (Lipinski definition) is 2. The molecule has 0 fully saturated rings. The quantitative estimate of drug-likeness (QED) is 0.766. The summed E-state index contributed by atoms with van der Waals surface area (Å²) >= 11 is 0. The van der Waals surface area contributed by atoms with E-state index in [1.54, 1.807) is 24.3 Å². The Morgan fingerprint density at radius 2 is 1.54 bits per heavy atom. The van der Waals surface area contributed by atoms with E-state index >= 15 is 0 Å². The standard InChI is InChI=1S/C17H12F2N4O/c18-12-7-4-8-13(19)16(12)21-15-10-9-14(22-23-15)17(24)20-11-5-2-1-3-6-11/h1-10H,(H,20,24)(H,21,23). The molecule has 120 valence electrons. The van der Waals surface area contributed by atoms with Crippen LogP contribution in [-0.2, 0) is 0 Å². The first-order chi connectivity index (χ1) is 11.6. The van der Waals surface area contributed by atoms with Crippen LogP contribution in [-0.4, -0.2) is 16.1 Å². The maximum Gasteiger partial charge on any atom is 0.276 e. The van der Waals surface area contributed by atoms with Gasteiger partial charge in [-0.1, -0.05) is 24.3 Å². The molecule has 0 saturated carbocycles. The molecule has 1 amide bonds. The Morgan fingerprint density at radius 1 is 0.833 bits per heavy atom.